The average molecular weight is 524 g/mol. The van der Waals surface area contributed by atoms with E-state index in [0.717, 1.165) is 14.3 Å². The van der Waals surface area contributed by atoms with Crippen LogP contribution in [0, 0.1) is 0 Å². The van der Waals surface area contributed by atoms with E-state index in [-0.39, 0.29) is 18.0 Å². The van der Waals surface area contributed by atoms with Gasteiger partial charge in [-0.1, -0.05) is 57.9 Å². The predicted octanol–water partition coefficient (Wildman–Crippen LogP) is 4.94. The van der Waals surface area contributed by atoms with Crippen molar-refractivity contribution in [1.29, 1.82) is 0 Å². The summed E-state index contributed by atoms with van der Waals surface area (Å²) in [7, 11) is -2.42. The molecule has 9 heteroatoms. The largest absolute Gasteiger partial charge is 0.495 e. The van der Waals surface area contributed by atoms with Crippen molar-refractivity contribution in [3.8, 4) is 5.75 Å². The summed E-state index contributed by atoms with van der Waals surface area (Å²) in [4.78, 5) is 12.8. The Hall–Kier alpha value is -2.39. The number of nitrogens with one attached hydrogen (secondary N) is 1. The van der Waals surface area contributed by atoms with Crippen molar-refractivity contribution in [2.75, 3.05) is 19.0 Å². The maximum Gasteiger partial charge on any atom is 0.243 e. The Morgan fingerprint density at radius 2 is 1.74 bits per heavy atom. The van der Waals surface area contributed by atoms with Crippen molar-refractivity contribution in [3.05, 3.63) is 87.9 Å². The van der Waals surface area contributed by atoms with Crippen molar-refractivity contribution in [3.63, 3.8) is 0 Å². The lowest BCUT2D eigenvalue weighted by Gasteiger charge is -2.22. The maximum absolute atomic E-state index is 13.3. The first-order valence-corrected chi connectivity index (χ1v) is 11.8. The number of amides is 1. The number of nitrogens with zero attached hydrogens (tertiary/aromatic N) is 1. The van der Waals surface area contributed by atoms with Crippen LogP contribution in [0.2, 0.25) is 5.02 Å². The Balaban J connectivity index is 1.84. The highest BCUT2D eigenvalue weighted by atomic mass is 79.9. The van der Waals surface area contributed by atoms with Crippen LogP contribution in [0.25, 0.3) is 0 Å². The van der Waals surface area contributed by atoms with Crippen molar-refractivity contribution in [2.24, 2.45) is 0 Å². The van der Waals surface area contributed by atoms with E-state index in [1.807, 2.05) is 30.3 Å². The molecule has 0 aliphatic carbocycles. The number of hydrogen-bond donors (Lipinski definition) is 1. The number of anilines is 1. The summed E-state index contributed by atoms with van der Waals surface area (Å²) < 4.78 is 33.5. The number of methoxy groups -OCH3 is 1. The second-order valence-electron chi connectivity index (χ2n) is 6.61. The van der Waals surface area contributed by atoms with Gasteiger partial charge in [0.25, 0.3) is 0 Å². The summed E-state index contributed by atoms with van der Waals surface area (Å²) in [5, 5.41) is 3.03. The number of carbonyl (C=O) groups excluding carboxylic acids is 1. The molecule has 0 spiro atoms. The molecule has 31 heavy (non-hydrogen) atoms. The average Bonchev–Trinajstić information content (AvgIpc) is 2.74. The Labute approximate surface area is 195 Å². The number of halogens is 2. The van der Waals surface area contributed by atoms with E-state index in [2.05, 4.69) is 21.2 Å². The fourth-order valence-corrected chi connectivity index (χ4v) is 4.78. The van der Waals surface area contributed by atoms with Crippen LogP contribution in [0.3, 0.4) is 0 Å². The summed E-state index contributed by atoms with van der Waals surface area (Å²) in [6, 6.07) is 20.2. The summed E-state index contributed by atoms with van der Waals surface area (Å²) in [5.74, 6) is -0.0129. The van der Waals surface area contributed by atoms with Crippen molar-refractivity contribution >= 4 is 49.1 Å². The van der Waals surface area contributed by atoms with Crippen LogP contribution in [0.15, 0.2) is 82.2 Å². The van der Waals surface area contributed by atoms with Crippen molar-refractivity contribution < 1.29 is 17.9 Å². The van der Waals surface area contributed by atoms with Gasteiger partial charge in [-0.3, -0.25) is 4.79 Å². The van der Waals surface area contributed by atoms with E-state index >= 15 is 0 Å². The number of ether oxygens (including phenoxy) is 1. The maximum atomic E-state index is 13.3. The van der Waals surface area contributed by atoms with Crippen LogP contribution in [-0.4, -0.2) is 32.3 Å². The van der Waals surface area contributed by atoms with E-state index in [1.165, 1.54) is 19.2 Å². The Bertz CT molecular complexity index is 1160. The summed E-state index contributed by atoms with van der Waals surface area (Å²) >= 11 is 9.41. The number of sulfonamides is 1. The zero-order chi connectivity index (χ0) is 22.4. The van der Waals surface area contributed by atoms with Crippen LogP contribution >= 0.6 is 27.5 Å². The molecule has 0 heterocycles. The van der Waals surface area contributed by atoms with Gasteiger partial charge < -0.3 is 10.1 Å². The molecule has 0 fully saturated rings. The van der Waals surface area contributed by atoms with E-state index in [4.69, 9.17) is 16.3 Å². The van der Waals surface area contributed by atoms with Gasteiger partial charge >= 0.3 is 0 Å². The fourth-order valence-electron chi connectivity index (χ4n) is 2.87. The lowest BCUT2D eigenvalue weighted by atomic mass is 10.2. The van der Waals surface area contributed by atoms with Gasteiger partial charge in [-0.2, -0.15) is 4.31 Å². The molecule has 0 atom stereocenters. The van der Waals surface area contributed by atoms with E-state index in [1.54, 1.807) is 30.3 Å². The molecule has 0 unspecified atom stereocenters. The van der Waals surface area contributed by atoms with Crippen LogP contribution in [0.1, 0.15) is 5.56 Å². The molecule has 3 aromatic rings. The molecule has 0 saturated heterocycles. The van der Waals surface area contributed by atoms with Crippen molar-refractivity contribution in [1.82, 2.24) is 4.31 Å². The van der Waals surface area contributed by atoms with E-state index < -0.39 is 15.9 Å². The van der Waals surface area contributed by atoms with Gasteiger partial charge in [0, 0.05) is 16.7 Å². The van der Waals surface area contributed by atoms with E-state index in [0.29, 0.717) is 16.5 Å². The zero-order valence-corrected chi connectivity index (χ0v) is 19.7. The Morgan fingerprint density at radius 3 is 2.35 bits per heavy atom. The Kier molecular flexibility index (Phi) is 7.72. The second-order valence-corrected chi connectivity index (χ2v) is 9.87. The van der Waals surface area contributed by atoms with Gasteiger partial charge in [0.2, 0.25) is 15.9 Å². The summed E-state index contributed by atoms with van der Waals surface area (Å²) in [6.45, 7) is -0.313. The molecule has 3 rings (SSSR count). The van der Waals surface area contributed by atoms with Gasteiger partial charge in [-0.15, -0.1) is 0 Å². The number of benzene rings is 3. The quantitative estimate of drug-likeness (QED) is 0.454. The fraction of sp³-hybridized carbons (Fsp3) is 0.136. The number of rotatable bonds is 8. The molecule has 1 N–H and O–H groups in total. The number of carbonyl (C=O) groups is 1. The molecule has 0 aliphatic heterocycles. The first-order chi connectivity index (χ1) is 14.8. The van der Waals surface area contributed by atoms with Gasteiger partial charge in [0.15, 0.2) is 0 Å². The minimum atomic E-state index is -3.92. The summed E-state index contributed by atoms with van der Waals surface area (Å²) in [5.41, 5.74) is 1.21. The molecule has 0 aromatic heterocycles. The molecular weight excluding hydrogens is 504 g/mol. The highest BCUT2D eigenvalue weighted by Gasteiger charge is 2.27. The molecule has 0 aliphatic rings. The summed E-state index contributed by atoms with van der Waals surface area (Å²) in [6.07, 6.45) is 0. The normalized spacial score (nSPS) is 11.4. The smallest absolute Gasteiger partial charge is 0.243 e. The third kappa shape index (κ3) is 6.07. The van der Waals surface area contributed by atoms with Crippen molar-refractivity contribution in [2.45, 2.75) is 11.4 Å². The molecular formula is C22H20BrClN2O4S. The van der Waals surface area contributed by atoms with Gasteiger partial charge in [-0.25, -0.2) is 8.42 Å². The molecule has 1 amide bonds. The molecule has 0 saturated carbocycles. The van der Waals surface area contributed by atoms with Crippen LogP contribution in [0.4, 0.5) is 5.69 Å². The molecule has 162 valence electrons. The zero-order valence-electron chi connectivity index (χ0n) is 16.6. The molecule has 0 radical (unpaired) electrons. The number of hydrogen-bond acceptors (Lipinski definition) is 4. The Morgan fingerprint density at radius 1 is 1.06 bits per heavy atom. The highest BCUT2D eigenvalue weighted by Crippen LogP contribution is 2.27. The monoisotopic (exact) mass is 522 g/mol. The third-order valence-electron chi connectivity index (χ3n) is 4.41. The third-order valence-corrected chi connectivity index (χ3v) is 7.04. The second kappa shape index (κ2) is 10.3. The predicted molar refractivity (Wildman–Crippen MR) is 125 cm³/mol. The standard InChI is InChI=1S/C22H20BrClN2O4S/c1-30-21-12-9-18(13-20(21)24)25-22(27)15-26(14-16-5-3-2-4-6-16)31(28,29)19-10-7-17(23)8-11-19/h2-13H,14-15H2,1H3,(H,25,27). The molecule has 6 nitrogen and oxygen atoms in total. The molecule has 0 bridgehead atoms. The van der Waals surface area contributed by atoms with Gasteiger partial charge in [-0.05, 0) is 48.0 Å². The minimum Gasteiger partial charge on any atom is -0.495 e. The first-order valence-electron chi connectivity index (χ1n) is 9.22. The lowest BCUT2D eigenvalue weighted by Crippen LogP contribution is -2.37. The van der Waals surface area contributed by atoms with Crippen LogP contribution in [0.5, 0.6) is 5.75 Å². The van der Waals surface area contributed by atoms with Crippen LogP contribution < -0.4 is 10.1 Å². The molecule has 3 aromatic carbocycles. The SMILES string of the molecule is COc1ccc(NC(=O)CN(Cc2ccccc2)S(=O)(=O)c2ccc(Br)cc2)cc1Cl. The lowest BCUT2D eigenvalue weighted by molar-refractivity contribution is -0.116. The highest BCUT2D eigenvalue weighted by molar-refractivity contribution is 9.10. The minimum absolute atomic E-state index is 0.0516. The first kappa shape index (κ1) is 23.3. The van der Waals surface area contributed by atoms with E-state index in [9.17, 15) is 13.2 Å². The topological polar surface area (TPSA) is 75.7 Å². The van der Waals surface area contributed by atoms with Gasteiger partial charge in [0.1, 0.15) is 5.75 Å². The van der Waals surface area contributed by atoms with Crippen LogP contribution in [-0.2, 0) is 21.4 Å². The van der Waals surface area contributed by atoms with Gasteiger partial charge in [0.05, 0.1) is 23.6 Å².